The number of likely N-dealkylation sites (N-methyl/N-ethyl adjacent to an activating group) is 1. The number of carbonyl (C=O) groups excluding carboxylic acids is 2. The molecule has 0 heterocycles. The minimum absolute atomic E-state index is 0.0186. The van der Waals surface area contributed by atoms with Crippen LogP contribution in [-0.2, 0) is 27.9 Å². The van der Waals surface area contributed by atoms with Crippen LogP contribution in [0, 0.1) is 0 Å². The van der Waals surface area contributed by atoms with E-state index in [4.69, 9.17) is 13.8 Å². The van der Waals surface area contributed by atoms with Gasteiger partial charge in [0.2, 0.25) is 5.91 Å². The van der Waals surface area contributed by atoms with Gasteiger partial charge in [-0.25, -0.2) is 4.57 Å². The van der Waals surface area contributed by atoms with Gasteiger partial charge in [-0.1, -0.05) is 233 Å². The standard InChI is InChI=1S/C66H113N2O7P/c1-7-10-13-16-19-22-25-27-29-31-32-33-34-35-36-37-39-41-44-47-50-53-56-59-66(70)75-64(57-54-51-48-45-42-24-21-18-15-12-9-3)63(62-74-76(71,72)73-61-60-68(4,5)6)67-65(69)58-55-52-49-46-43-40-38-30-28-26-23-20-17-14-11-8-2/h11,14,19-20,22-23,27-30,32-33,35-36,40,43,49,52,54,57,63-64H,7-10,12-13,15-18,21,24-26,31,34,37-39,41-42,44-48,50-51,53,55-56,58-62H2,1-6H3,(H-,67,69,71,72)/p+1/b14-11+,22-19-,23-20+,29-27-,30-28+,33-32-,36-35-,43-40+,52-49+,57-54-. The second-order valence-corrected chi connectivity index (χ2v) is 22.6. The molecule has 1 amide bonds. The first-order valence-electron chi connectivity index (χ1n) is 30.4. The third kappa shape index (κ3) is 55.2. The molecule has 10 heteroatoms. The number of amides is 1. The Morgan fingerprint density at radius 3 is 1.32 bits per heavy atom. The molecule has 434 valence electrons. The third-order valence-electron chi connectivity index (χ3n) is 12.6. The Bertz CT molecular complexity index is 1720. The molecule has 0 radical (unpaired) electrons. The molecular weight excluding hydrogens is 964 g/mol. The number of ether oxygens (including phenoxy) is 1. The quantitative estimate of drug-likeness (QED) is 0.0205. The summed E-state index contributed by atoms with van der Waals surface area (Å²) in [5, 5.41) is 2.99. The zero-order valence-electron chi connectivity index (χ0n) is 49.4. The van der Waals surface area contributed by atoms with Crippen LogP contribution in [-0.4, -0.2) is 74.3 Å². The number of nitrogens with zero attached hydrogens (tertiary/aromatic N) is 1. The lowest BCUT2D eigenvalue weighted by atomic mass is 10.1. The number of unbranched alkanes of at least 4 members (excludes halogenated alkanes) is 19. The van der Waals surface area contributed by atoms with Crippen LogP contribution in [0.4, 0.5) is 0 Å². The maximum Gasteiger partial charge on any atom is 0.472 e. The lowest BCUT2D eigenvalue weighted by Gasteiger charge is -2.27. The highest BCUT2D eigenvalue weighted by Gasteiger charge is 2.30. The van der Waals surface area contributed by atoms with Crippen molar-refractivity contribution in [1.82, 2.24) is 5.32 Å². The molecule has 0 fully saturated rings. The summed E-state index contributed by atoms with van der Waals surface area (Å²) in [6.07, 6.45) is 76.5. The third-order valence-corrected chi connectivity index (χ3v) is 13.6. The Morgan fingerprint density at radius 1 is 0.474 bits per heavy atom. The van der Waals surface area contributed by atoms with E-state index in [1.165, 1.54) is 89.9 Å². The maximum absolute atomic E-state index is 13.5. The number of phosphoric acid groups is 1. The van der Waals surface area contributed by atoms with Crippen LogP contribution >= 0.6 is 7.82 Å². The van der Waals surface area contributed by atoms with E-state index in [0.29, 0.717) is 23.9 Å². The lowest BCUT2D eigenvalue weighted by Crippen LogP contribution is -2.47. The molecule has 0 rings (SSSR count). The summed E-state index contributed by atoms with van der Waals surface area (Å²) in [7, 11) is 1.43. The molecule has 2 N–H and O–H groups in total. The van der Waals surface area contributed by atoms with Gasteiger partial charge in [-0.15, -0.1) is 0 Å². The van der Waals surface area contributed by atoms with E-state index >= 15 is 0 Å². The number of hydrogen-bond donors (Lipinski definition) is 2. The van der Waals surface area contributed by atoms with Gasteiger partial charge in [0.15, 0.2) is 0 Å². The fraction of sp³-hybridized carbons (Fsp3) is 0.667. The molecule has 0 saturated carbocycles. The summed E-state index contributed by atoms with van der Waals surface area (Å²) in [4.78, 5) is 37.6. The minimum Gasteiger partial charge on any atom is -0.456 e. The highest BCUT2D eigenvalue weighted by molar-refractivity contribution is 7.47. The second kappa shape index (κ2) is 54.8. The number of hydrogen-bond acceptors (Lipinski definition) is 6. The summed E-state index contributed by atoms with van der Waals surface area (Å²) in [5.74, 6) is -0.623. The number of quaternary nitrogens is 1. The van der Waals surface area contributed by atoms with Crippen LogP contribution in [0.15, 0.2) is 122 Å². The Balaban J connectivity index is 5.33. The molecule has 3 atom stereocenters. The zero-order chi connectivity index (χ0) is 55.7. The van der Waals surface area contributed by atoms with E-state index in [-0.39, 0.29) is 37.9 Å². The number of phosphoric ester groups is 1. The van der Waals surface area contributed by atoms with Crippen LogP contribution in [0.5, 0.6) is 0 Å². The van der Waals surface area contributed by atoms with Crippen LogP contribution in [0.25, 0.3) is 0 Å². The van der Waals surface area contributed by atoms with Gasteiger partial charge in [-0.2, -0.15) is 0 Å². The number of allylic oxidation sites excluding steroid dienone is 19. The predicted molar refractivity (Wildman–Crippen MR) is 327 cm³/mol. The van der Waals surface area contributed by atoms with Crippen molar-refractivity contribution >= 4 is 19.7 Å². The van der Waals surface area contributed by atoms with Crippen molar-refractivity contribution in [2.75, 3.05) is 40.9 Å². The zero-order valence-corrected chi connectivity index (χ0v) is 50.3. The van der Waals surface area contributed by atoms with Crippen molar-refractivity contribution in [2.24, 2.45) is 0 Å². The number of carbonyl (C=O) groups is 2. The molecule has 76 heavy (non-hydrogen) atoms. The van der Waals surface area contributed by atoms with Crippen molar-refractivity contribution in [1.29, 1.82) is 0 Å². The topological polar surface area (TPSA) is 111 Å². The fourth-order valence-corrected chi connectivity index (χ4v) is 8.70. The summed E-state index contributed by atoms with van der Waals surface area (Å²) >= 11 is 0. The first kappa shape index (κ1) is 72.4. The van der Waals surface area contributed by atoms with Gasteiger partial charge in [0, 0.05) is 12.8 Å². The molecule has 0 aliphatic carbocycles. The summed E-state index contributed by atoms with van der Waals surface area (Å²) in [6.45, 7) is 6.78. The second-order valence-electron chi connectivity index (χ2n) is 21.1. The largest absolute Gasteiger partial charge is 0.472 e. The molecular formula is C66H114N2O7P+. The molecule has 0 aliphatic heterocycles. The normalized spacial score (nSPS) is 14.6. The van der Waals surface area contributed by atoms with E-state index < -0.39 is 20.0 Å². The van der Waals surface area contributed by atoms with Gasteiger partial charge in [0.05, 0.1) is 33.8 Å². The van der Waals surface area contributed by atoms with Crippen LogP contribution in [0.2, 0.25) is 0 Å². The summed E-state index contributed by atoms with van der Waals surface area (Å²) < 4.78 is 30.6. The Morgan fingerprint density at radius 2 is 0.855 bits per heavy atom. The van der Waals surface area contributed by atoms with Gasteiger partial charge >= 0.3 is 13.8 Å². The highest BCUT2D eigenvalue weighted by atomic mass is 31.2. The summed E-state index contributed by atoms with van der Waals surface area (Å²) in [6, 6.07) is -0.900. The molecule has 0 aromatic carbocycles. The molecule has 0 aromatic rings. The SMILES string of the molecule is CC/C=C/C/C=C/C/C=C/C/C=C/C/C=C/CCC(=O)NC(COP(=O)(O)OCC[N+](C)(C)C)C(/C=C\CCCCCCCCCCC)OC(=O)CCCCCCCCC/C=C\C/C=C\C/C=C\C/C=C\CCCCC. The monoisotopic (exact) mass is 1080 g/mol. The van der Waals surface area contributed by atoms with Crippen molar-refractivity contribution in [3.8, 4) is 0 Å². The average molecular weight is 1080 g/mol. The minimum atomic E-state index is -4.48. The van der Waals surface area contributed by atoms with Crippen LogP contribution in [0.3, 0.4) is 0 Å². The van der Waals surface area contributed by atoms with Gasteiger partial charge < -0.3 is 19.4 Å². The van der Waals surface area contributed by atoms with Crippen molar-refractivity contribution in [2.45, 2.75) is 245 Å². The molecule has 0 saturated heterocycles. The molecule has 0 aromatic heterocycles. The predicted octanol–water partition coefficient (Wildman–Crippen LogP) is 18.7. The molecule has 0 spiro atoms. The number of rotatable bonds is 53. The number of esters is 1. The Labute approximate surface area is 467 Å². The maximum atomic E-state index is 13.5. The van der Waals surface area contributed by atoms with E-state index in [1.807, 2.05) is 45.4 Å². The van der Waals surface area contributed by atoms with E-state index in [0.717, 1.165) is 96.3 Å². The first-order chi connectivity index (χ1) is 36.9. The lowest BCUT2D eigenvalue weighted by molar-refractivity contribution is -0.870. The van der Waals surface area contributed by atoms with Crippen molar-refractivity contribution in [3.05, 3.63) is 122 Å². The van der Waals surface area contributed by atoms with Crippen molar-refractivity contribution in [3.63, 3.8) is 0 Å². The molecule has 9 nitrogen and oxygen atoms in total. The number of nitrogens with one attached hydrogen (secondary N) is 1. The van der Waals surface area contributed by atoms with Crippen LogP contribution < -0.4 is 5.32 Å². The van der Waals surface area contributed by atoms with Gasteiger partial charge in [-0.05, 0) is 109 Å². The first-order valence-corrected chi connectivity index (χ1v) is 31.9. The van der Waals surface area contributed by atoms with Crippen LogP contribution in [0.1, 0.15) is 233 Å². The smallest absolute Gasteiger partial charge is 0.456 e. The van der Waals surface area contributed by atoms with Gasteiger partial charge in [-0.3, -0.25) is 18.6 Å². The highest BCUT2D eigenvalue weighted by Crippen LogP contribution is 2.43. The van der Waals surface area contributed by atoms with Gasteiger partial charge in [0.25, 0.3) is 0 Å². The fourth-order valence-electron chi connectivity index (χ4n) is 7.97. The van der Waals surface area contributed by atoms with E-state index in [1.54, 1.807) is 0 Å². The Kier molecular flexibility index (Phi) is 52.2. The molecule has 0 bridgehead atoms. The van der Waals surface area contributed by atoms with Gasteiger partial charge in [0.1, 0.15) is 19.3 Å². The van der Waals surface area contributed by atoms with E-state index in [9.17, 15) is 19.0 Å². The van der Waals surface area contributed by atoms with E-state index in [2.05, 4.69) is 123 Å². The summed E-state index contributed by atoms with van der Waals surface area (Å²) in [5.41, 5.74) is 0. The Hall–Kier alpha value is -3.59. The van der Waals surface area contributed by atoms with Crippen molar-refractivity contribution < 1.29 is 37.3 Å². The molecule has 3 unspecified atom stereocenters. The average Bonchev–Trinajstić information content (AvgIpc) is 3.38. The molecule has 0 aliphatic rings.